The molecule has 184 valence electrons. The van der Waals surface area contributed by atoms with Crippen molar-refractivity contribution in [2.24, 2.45) is 17.3 Å². The maximum absolute atomic E-state index is 11.8. The summed E-state index contributed by atoms with van der Waals surface area (Å²) in [5, 5.41) is 15.1. The fourth-order valence-electron chi connectivity index (χ4n) is 6.76. The van der Waals surface area contributed by atoms with E-state index in [9.17, 15) is 9.90 Å². The monoisotopic (exact) mass is 535 g/mol. The van der Waals surface area contributed by atoms with Gasteiger partial charge in [-0.15, -0.1) is 0 Å². The number of hydrogen-bond acceptors (Lipinski definition) is 3. The van der Waals surface area contributed by atoms with Gasteiger partial charge in [0.2, 0.25) is 14.2 Å². The van der Waals surface area contributed by atoms with E-state index in [0.29, 0.717) is 24.3 Å². The molecule has 2 N–H and O–H groups in total. The molecule has 0 bridgehead atoms. The Bertz CT molecular complexity index is 913. The Balaban J connectivity index is 1.53. The topological polar surface area (TPSA) is 58.6 Å². The smallest absolute Gasteiger partial charge is 0.250 e. The van der Waals surface area contributed by atoms with Crippen LogP contribution in [0.2, 0.25) is 18.1 Å². The molecule has 0 heterocycles. The number of carbonyl (C=O) groups is 1. The minimum atomic E-state index is -1.85. The van der Waals surface area contributed by atoms with Crippen LogP contribution in [0, 0.1) is 17.3 Å². The van der Waals surface area contributed by atoms with Crippen molar-refractivity contribution in [2.45, 2.75) is 95.9 Å². The second kappa shape index (κ2) is 8.67. The normalized spacial score (nSPS) is 33.6. The summed E-state index contributed by atoms with van der Waals surface area (Å²) in [5.74, 6) is 2.69. The van der Waals surface area contributed by atoms with Gasteiger partial charge >= 0.3 is 0 Å². The van der Waals surface area contributed by atoms with E-state index in [-0.39, 0.29) is 21.7 Å². The van der Waals surface area contributed by atoms with E-state index >= 15 is 0 Å². The van der Waals surface area contributed by atoms with Gasteiger partial charge < -0.3 is 14.8 Å². The predicted molar refractivity (Wildman–Crippen MR) is 141 cm³/mol. The first-order valence-electron chi connectivity index (χ1n) is 12.7. The quantitative estimate of drug-likeness (QED) is 0.350. The molecule has 33 heavy (non-hydrogen) atoms. The van der Waals surface area contributed by atoms with Gasteiger partial charge in [-0.05, 0) is 97.7 Å². The van der Waals surface area contributed by atoms with E-state index in [2.05, 4.69) is 80.2 Å². The van der Waals surface area contributed by atoms with Crippen molar-refractivity contribution in [3.05, 3.63) is 29.3 Å². The number of aryl methyl sites for hydroxylation is 1. The predicted octanol–water partition coefficient (Wildman–Crippen LogP) is 6.17. The van der Waals surface area contributed by atoms with Gasteiger partial charge in [-0.1, -0.05) is 49.7 Å². The van der Waals surface area contributed by atoms with Crippen LogP contribution in [0.25, 0.3) is 0 Å². The molecular weight excluding hydrogens is 494 g/mol. The molecule has 4 nitrogen and oxygen atoms in total. The first-order chi connectivity index (χ1) is 15.3. The van der Waals surface area contributed by atoms with Crippen LogP contribution in [-0.2, 0) is 11.2 Å². The van der Waals surface area contributed by atoms with Crippen molar-refractivity contribution in [2.75, 3.05) is 11.9 Å². The fourth-order valence-corrected chi connectivity index (χ4v) is 7.98. The van der Waals surface area contributed by atoms with E-state index in [1.807, 2.05) is 0 Å². The molecule has 3 aliphatic carbocycles. The number of halogens is 1. The summed E-state index contributed by atoms with van der Waals surface area (Å²) in [6.07, 6.45) is 6.25. The highest BCUT2D eigenvalue weighted by molar-refractivity contribution is 9.09. The highest BCUT2D eigenvalue weighted by Crippen LogP contribution is 2.64. The Labute approximate surface area is 209 Å². The van der Waals surface area contributed by atoms with E-state index in [4.69, 9.17) is 4.43 Å². The lowest BCUT2D eigenvalue weighted by molar-refractivity contribution is -0.125. The molecule has 6 heteroatoms. The maximum atomic E-state index is 11.8. The van der Waals surface area contributed by atoms with Gasteiger partial charge in [0, 0.05) is 12.0 Å². The van der Waals surface area contributed by atoms with Crippen LogP contribution in [-0.4, -0.2) is 36.8 Å². The second-order valence-corrected chi connectivity index (χ2v) is 17.9. The van der Waals surface area contributed by atoms with Crippen LogP contribution in [0.5, 0.6) is 5.75 Å². The van der Waals surface area contributed by atoms with Crippen LogP contribution in [0.4, 0.5) is 0 Å². The molecule has 0 unspecified atom stereocenters. The highest BCUT2D eigenvalue weighted by Gasteiger charge is 2.61. The summed E-state index contributed by atoms with van der Waals surface area (Å²) in [6.45, 7) is 14.1. The molecule has 1 amide bonds. The summed E-state index contributed by atoms with van der Waals surface area (Å²) >= 11 is 3.22. The van der Waals surface area contributed by atoms with Gasteiger partial charge in [-0.2, -0.15) is 0 Å². The molecule has 0 aromatic heterocycles. The largest absolute Gasteiger partial charge is 0.543 e. The van der Waals surface area contributed by atoms with Crippen LogP contribution >= 0.6 is 15.9 Å². The summed E-state index contributed by atoms with van der Waals surface area (Å²) in [5.41, 5.74) is 2.05. The molecule has 0 saturated heterocycles. The van der Waals surface area contributed by atoms with Crippen LogP contribution < -0.4 is 9.74 Å². The van der Waals surface area contributed by atoms with Crippen LogP contribution in [0.3, 0.4) is 0 Å². The van der Waals surface area contributed by atoms with Gasteiger partial charge in [-0.25, -0.2) is 0 Å². The van der Waals surface area contributed by atoms with E-state index < -0.39 is 13.9 Å². The Morgan fingerprint density at radius 1 is 1.24 bits per heavy atom. The summed E-state index contributed by atoms with van der Waals surface area (Å²) in [4.78, 5) is 11.8. The third-order valence-corrected chi connectivity index (χ3v) is 14.8. The van der Waals surface area contributed by atoms with Crippen LogP contribution in [0.1, 0.15) is 76.8 Å². The summed E-state index contributed by atoms with van der Waals surface area (Å²) < 4.78 is 6.60. The molecular formula is C27H42BrNO3Si. The third kappa shape index (κ3) is 4.33. The Kier molecular flexibility index (Phi) is 6.63. The molecule has 2 fully saturated rings. The van der Waals surface area contributed by atoms with E-state index in [1.165, 1.54) is 17.5 Å². The molecule has 1 aromatic rings. The van der Waals surface area contributed by atoms with Crippen molar-refractivity contribution in [3.8, 4) is 5.75 Å². The molecule has 2 saturated carbocycles. The average molecular weight is 537 g/mol. The second-order valence-electron chi connectivity index (χ2n) is 12.6. The zero-order chi connectivity index (χ0) is 24.2. The van der Waals surface area contributed by atoms with Gasteiger partial charge in [0.15, 0.2) is 0 Å². The van der Waals surface area contributed by atoms with Crippen molar-refractivity contribution in [1.29, 1.82) is 0 Å². The van der Waals surface area contributed by atoms with Crippen molar-refractivity contribution < 1.29 is 14.3 Å². The average Bonchev–Trinajstić information content (AvgIpc) is 3.01. The maximum Gasteiger partial charge on any atom is 0.250 e. The van der Waals surface area contributed by atoms with Crippen molar-refractivity contribution >= 4 is 30.2 Å². The van der Waals surface area contributed by atoms with Gasteiger partial charge in [-0.3, -0.25) is 4.79 Å². The molecule has 4 rings (SSSR count). The molecule has 0 aliphatic heterocycles. The Morgan fingerprint density at radius 2 is 1.97 bits per heavy atom. The minimum absolute atomic E-state index is 0.0496. The number of hydrogen-bond donors (Lipinski definition) is 2. The number of benzene rings is 1. The van der Waals surface area contributed by atoms with Crippen LogP contribution in [0.15, 0.2) is 18.2 Å². The van der Waals surface area contributed by atoms with Gasteiger partial charge in [0.05, 0.1) is 10.9 Å². The lowest BCUT2D eigenvalue weighted by atomic mass is 9.53. The fraction of sp³-hybridized carbons (Fsp3) is 0.741. The first kappa shape index (κ1) is 25.2. The Morgan fingerprint density at radius 3 is 2.64 bits per heavy atom. The van der Waals surface area contributed by atoms with E-state index in [0.717, 1.165) is 37.9 Å². The van der Waals surface area contributed by atoms with Crippen molar-refractivity contribution in [3.63, 3.8) is 0 Å². The molecule has 1 aromatic carbocycles. The number of rotatable bonds is 5. The van der Waals surface area contributed by atoms with E-state index in [1.54, 1.807) is 0 Å². The third-order valence-electron chi connectivity index (χ3n) is 9.90. The highest BCUT2D eigenvalue weighted by atomic mass is 79.9. The number of alkyl halides is 1. The molecule has 0 radical (unpaired) electrons. The Hall–Kier alpha value is -0.853. The SMILES string of the molecule is CC(C)(C)[Si](C)(C)Oc1ccc2c(c1)CC[C@@H]1[C@@H]2CC[C@@]2(C)[C@H]1CC[C@@]2(O)CNC(=O)CBr. The number of aliphatic hydroxyl groups is 1. The molecule has 5 atom stereocenters. The lowest BCUT2D eigenvalue weighted by Crippen LogP contribution is -2.56. The zero-order valence-electron chi connectivity index (χ0n) is 21.3. The van der Waals surface area contributed by atoms with Gasteiger partial charge in [0.25, 0.3) is 0 Å². The minimum Gasteiger partial charge on any atom is -0.543 e. The van der Waals surface area contributed by atoms with Crippen molar-refractivity contribution in [1.82, 2.24) is 5.32 Å². The zero-order valence-corrected chi connectivity index (χ0v) is 23.8. The summed E-state index contributed by atoms with van der Waals surface area (Å²) in [7, 11) is -1.85. The molecule has 0 spiro atoms. The van der Waals surface area contributed by atoms with Gasteiger partial charge in [0.1, 0.15) is 5.75 Å². The number of nitrogens with one attached hydrogen (secondary N) is 1. The standard InChI is InChI=1S/C27H42BrNO3Si/c1-25(2,3)33(5,6)32-19-8-10-20-18(15-19)7-9-22-21(20)11-13-26(4)23(22)12-14-27(26,31)17-29-24(30)16-28/h8,10,15,21-23,31H,7,9,11-14,16-17H2,1-6H3,(H,29,30)/t21-,22-,23+,26+,27-/m1/s1. The lowest BCUT2D eigenvalue weighted by Gasteiger charge is -2.53. The number of carbonyl (C=O) groups excluding carboxylic acids is 1. The number of fused-ring (bicyclic) bond motifs is 5. The summed E-state index contributed by atoms with van der Waals surface area (Å²) in [6, 6.07) is 6.87. The number of amides is 1. The molecule has 3 aliphatic rings. The first-order valence-corrected chi connectivity index (χ1v) is 16.7.